The van der Waals surface area contributed by atoms with Gasteiger partial charge in [-0.15, -0.1) is 11.3 Å². The van der Waals surface area contributed by atoms with Crippen molar-refractivity contribution in [1.29, 1.82) is 0 Å². The molecule has 0 aliphatic rings. The number of ketones is 1. The van der Waals surface area contributed by atoms with E-state index in [1.54, 1.807) is 6.07 Å². The van der Waals surface area contributed by atoms with Gasteiger partial charge in [-0.25, -0.2) is 4.79 Å². The van der Waals surface area contributed by atoms with E-state index in [4.69, 9.17) is 5.11 Å². The van der Waals surface area contributed by atoms with Crippen molar-refractivity contribution in [2.45, 2.75) is 33.2 Å². The first kappa shape index (κ1) is 13.7. The average molecular weight is 255 g/mol. The third-order valence-corrected chi connectivity index (χ3v) is 3.44. The Morgan fingerprint density at radius 3 is 2.53 bits per heavy atom. The van der Waals surface area contributed by atoms with Crippen LogP contribution in [0.15, 0.2) is 17.5 Å². The molecule has 0 saturated heterocycles. The fraction of sp³-hybridized carbons (Fsp3) is 0.500. The van der Waals surface area contributed by atoms with Gasteiger partial charge in [-0.05, 0) is 16.9 Å². The van der Waals surface area contributed by atoms with E-state index in [0.717, 1.165) is 0 Å². The second kappa shape index (κ2) is 5.31. The van der Waals surface area contributed by atoms with Crippen LogP contribution in [0.25, 0.3) is 0 Å². The highest BCUT2D eigenvalue weighted by molar-refractivity contribution is 7.12. The Bertz CT molecular complexity index is 392. The Kier molecular flexibility index (Phi) is 4.28. The molecule has 0 aliphatic carbocycles. The van der Waals surface area contributed by atoms with Gasteiger partial charge in [0, 0.05) is 12.5 Å². The van der Waals surface area contributed by atoms with E-state index in [1.165, 1.54) is 11.3 Å². The smallest absolute Gasteiger partial charge is 0.404 e. The fourth-order valence-electron chi connectivity index (χ4n) is 1.45. The van der Waals surface area contributed by atoms with Crippen LogP contribution in [0.5, 0.6) is 0 Å². The fourth-order valence-corrected chi connectivity index (χ4v) is 2.12. The minimum atomic E-state index is -1.09. The minimum Gasteiger partial charge on any atom is -0.465 e. The predicted molar refractivity (Wildman–Crippen MR) is 67.7 cm³/mol. The summed E-state index contributed by atoms with van der Waals surface area (Å²) in [5.74, 6) is -0.0197. The van der Waals surface area contributed by atoms with Crippen molar-refractivity contribution < 1.29 is 14.7 Å². The van der Waals surface area contributed by atoms with Gasteiger partial charge in [0.1, 0.15) is 0 Å². The SMILES string of the molecule is CC(C)(C)[C@H](CC(=O)c1cccs1)NC(=O)O. The van der Waals surface area contributed by atoms with Crippen LogP contribution in [0.4, 0.5) is 4.79 Å². The molecule has 1 atom stereocenters. The molecule has 0 saturated carbocycles. The minimum absolute atomic E-state index is 0.0197. The molecular weight excluding hydrogens is 238 g/mol. The Morgan fingerprint density at radius 1 is 1.47 bits per heavy atom. The van der Waals surface area contributed by atoms with E-state index in [9.17, 15) is 9.59 Å². The van der Waals surface area contributed by atoms with Crippen molar-refractivity contribution in [1.82, 2.24) is 5.32 Å². The highest BCUT2D eigenvalue weighted by Gasteiger charge is 2.28. The molecule has 94 valence electrons. The number of Topliss-reactive ketones (excluding diaryl/α,β-unsaturated/α-hetero) is 1. The molecule has 2 N–H and O–H groups in total. The molecule has 0 aliphatic heterocycles. The van der Waals surface area contributed by atoms with Gasteiger partial charge in [0.2, 0.25) is 0 Å². The average Bonchev–Trinajstić information content (AvgIpc) is 2.66. The van der Waals surface area contributed by atoms with Crippen molar-refractivity contribution in [3.8, 4) is 0 Å². The molecule has 17 heavy (non-hydrogen) atoms. The molecule has 1 aromatic rings. The van der Waals surface area contributed by atoms with Crippen molar-refractivity contribution >= 4 is 23.2 Å². The van der Waals surface area contributed by atoms with Crippen molar-refractivity contribution in [2.24, 2.45) is 5.41 Å². The lowest BCUT2D eigenvalue weighted by atomic mass is 9.83. The summed E-state index contributed by atoms with van der Waals surface area (Å²) in [6, 6.07) is 3.19. The van der Waals surface area contributed by atoms with Gasteiger partial charge in [-0.3, -0.25) is 4.79 Å². The molecule has 1 aromatic heterocycles. The van der Waals surface area contributed by atoms with Crippen molar-refractivity contribution in [3.63, 3.8) is 0 Å². The quantitative estimate of drug-likeness (QED) is 0.813. The maximum atomic E-state index is 11.9. The Labute approximate surface area is 105 Å². The van der Waals surface area contributed by atoms with Gasteiger partial charge in [0.25, 0.3) is 0 Å². The summed E-state index contributed by atoms with van der Waals surface area (Å²) in [7, 11) is 0. The van der Waals surface area contributed by atoms with Crippen molar-refractivity contribution in [2.75, 3.05) is 0 Å². The van der Waals surface area contributed by atoms with E-state index < -0.39 is 6.09 Å². The molecule has 0 radical (unpaired) electrons. The van der Waals surface area contributed by atoms with Crippen LogP contribution in [0.2, 0.25) is 0 Å². The molecule has 0 fully saturated rings. The lowest BCUT2D eigenvalue weighted by Gasteiger charge is -2.29. The Morgan fingerprint density at radius 2 is 2.12 bits per heavy atom. The van der Waals surface area contributed by atoms with Crippen LogP contribution in [0, 0.1) is 5.41 Å². The Balaban J connectivity index is 2.73. The number of nitrogens with one attached hydrogen (secondary N) is 1. The Hall–Kier alpha value is -1.36. The second-order valence-corrected chi connectivity index (χ2v) is 5.92. The molecule has 0 unspecified atom stereocenters. The summed E-state index contributed by atoms with van der Waals surface area (Å²) in [5.41, 5.74) is -0.286. The van der Waals surface area contributed by atoms with Crippen LogP contribution in [-0.2, 0) is 0 Å². The van der Waals surface area contributed by atoms with Crippen LogP contribution in [-0.4, -0.2) is 23.0 Å². The van der Waals surface area contributed by atoms with Gasteiger partial charge >= 0.3 is 6.09 Å². The summed E-state index contributed by atoms with van der Waals surface area (Å²) >= 11 is 1.38. The zero-order valence-electron chi connectivity index (χ0n) is 10.2. The van der Waals surface area contributed by atoms with Crippen LogP contribution < -0.4 is 5.32 Å². The summed E-state index contributed by atoms with van der Waals surface area (Å²) in [5, 5.41) is 13.0. The maximum Gasteiger partial charge on any atom is 0.404 e. The number of rotatable bonds is 4. The number of amides is 1. The van der Waals surface area contributed by atoms with Gasteiger partial charge in [0.15, 0.2) is 5.78 Å². The van der Waals surface area contributed by atoms with E-state index in [2.05, 4.69) is 5.32 Å². The summed E-state index contributed by atoms with van der Waals surface area (Å²) < 4.78 is 0. The van der Waals surface area contributed by atoms with E-state index in [1.807, 2.05) is 32.2 Å². The largest absolute Gasteiger partial charge is 0.465 e. The van der Waals surface area contributed by atoms with E-state index >= 15 is 0 Å². The predicted octanol–water partition coefficient (Wildman–Crippen LogP) is 3.00. The first-order chi connectivity index (χ1) is 7.80. The molecule has 1 amide bonds. The molecule has 4 nitrogen and oxygen atoms in total. The lowest BCUT2D eigenvalue weighted by Crippen LogP contribution is -2.44. The van der Waals surface area contributed by atoms with E-state index in [0.29, 0.717) is 4.88 Å². The topological polar surface area (TPSA) is 66.4 Å². The van der Waals surface area contributed by atoms with Gasteiger partial charge < -0.3 is 10.4 Å². The molecule has 1 rings (SSSR count). The van der Waals surface area contributed by atoms with Crippen molar-refractivity contribution in [3.05, 3.63) is 22.4 Å². The van der Waals surface area contributed by atoms with Crippen LogP contribution in [0.1, 0.15) is 36.9 Å². The lowest BCUT2D eigenvalue weighted by molar-refractivity contribution is 0.0942. The van der Waals surface area contributed by atoms with E-state index in [-0.39, 0.29) is 23.7 Å². The first-order valence-electron chi connectivity index (χ1n) is 5.37. The third kappa shape index (κ3) is 4.19. The maximum absolute atomic E-state index is 11.9. The second-order valence-electron chi connectivity index (χ2n) is 4.97. The summed E-state index contributed by atoms with van der Waals surface area (Å²) in [6.07, 6.45) is -0.903. The van der Waals surface area contributed by atoms with Crippen LogP contribution >= 0.6 is 11.3 Å². The number of carboxylic acid groups (broad SMARTS) is 1. The van der Waals surface area contributed by atoms with Gasteiger partial charge in [0.05, 0.1) is 4.88 Å². The molecule has 1 heterocycles. The number of carbonyl (C=O) groups excluding carboxylic acids is 1. The molecule has 0 bridgehead atoms. The molecule has 0 aromatic carbocycles. The number of carbonyl (C=O) groups is 2. The number of hydrogen-bond donors (Lipinski definition) is 2. The summed E-state index contributed by atoms with van der Waals surface area (Å²) in [6.45, 7) is 5.74. The summed E-state index contributed by atoms with van der Waals surface area (Å²) in [4.78, 5) is 23.3. The zero-order chi connectivity index (χ0) is 13.1. The monoisotopic (exact) mass is 255 g/mol. The normalized spacial score (nSPS) is 13.1. The zero-order valence-corrected chi connectivity index (χ0v) is 11.0. The standard InChI is InChI=1S/C12H17NO3S/c1-12(2,3)10(13-11(15)16)7-8(14)9-5-4-6-17-9/h4-6,10,13H,7H2,1-3H3,(H,15,16)/t10-/m0/s1. The molecular formula is C12H17NO3S. The van der Waals surface area contributed by atoms with Crippen LogP contribution in [0.3, 0.4) is 0 Å². The molecule has 0 spiro atoms. The highest BCUT2D eigenvalue weighted by Crippen LogP contribution is 2.24. The van der Waals surface area contributed by atoms with Gasteiger partial charge in [-0.1, -0.05) is 26.8 Å². The first-order valence-corrected chi connectivity index (χ1v) is 6.25. The third-order valence-electron chi connectivity index (χ3n) is 2.53. The molecule has 5 heteroatoms. The highest BCUT2D eigenvalue weighted by atomic mass is 32.1. The number of hydrogen-bond acceptors (Lipinski definition) is 3. The van der Waals surface area contributed by atoms with Gasteiger partial charge in [-0.2, -0.15) is 0 Å². The number of thiophene rings is 1.